The van der Waals surface area contributed by atoms with Crippen LogP contribution in [0.5, 0.6) is 5.75 Å². The molecule has 0 atom stereocenters. The van der Waals surface area contributed by atoms with Crippen molar-refractivity contribution < 1.29 is 19.4 Å². The van der Waals surface area contributed by atoms with Gasteiger partial charge >= 0.3 is 0 Å². The summed E-state index contributed by atoms with van der Waals surface area (Å²) in [4.78, 5) is 26.2. The topological polar surface area (TPSA) is 78.9 Å². The van der Waals surface area contributed by atoms with Crippen molar-refractivity contribution in [3.05, 3.63) is 75.0 Å². The molecule has 8 heteroatoms. The summed E-state index contributed by atoms with van der Waals surface area (Å²) < 4.78 is 5.18. The van der Waals surface area contributed by atoms with Gasteiger partial charge in [0.05, 0.1) is 29.3 Å². The average molecular weight is 449 g/mol. The van der Waals surface area contributed by atoms with E-state index >= 15 is 0 Å². The van der Waals surface area contributed by atoms with Crippen LogP contribution in [-0.4, -0.2) is 42.0 Å². The van der Waals surface area contributed by atoms with Crippen molar-refractivity contribution in [2.45, 2.75) is 19.4 Å². The Bertz CT molecular complexity index is 991. The summed E-state index contributed by atoms with van der Waals surface area (Å²) >= 11 is 11.9. The highest BCUT2D eigenvalue weighted by atomic mass is 35.5. The second kappa shape index (κ2) is 9.87. The van der Waals surface area contributed by atoms with E-state index in [-0.39, 0.29) is 18.7 Å². The number of carbonyl (C=O) groups excluding carboxylic acids is 2. The molecule has 0 fully saturated rings. The van der Waals surface area contributed by atoms with Gasteiger partial charge in [-0.3, -0.25) is 9.59 Å². The number of amides is 2. The van der Waals surface area contributed by atoms with Crippen LogP contribution in [0.4, 0.5) is 0 Å². The third-order valence-electron chi connectivity index (χ3n) is 4.82. The minimum absolute atomic E-state index is 0.0561. The van der Waals surface area contributed by atoms with Gasteiger partial charge in [-0.25, -0.2) is 0 Å². The molecule has 0 radical (unpaired) electrons. The minimum atomic E-state index is -0.557. The molecule has 0 saturated heterocycles. The first-order valence-electron chi connectivity index (χ1n) is 9.45. The number of hydrogen-bond acceptors (Lipinski definition) is 4. The van der Waals surface area contributed by atoms with Crippen LogP contribution < -0.4 is 10.1 Å². The zero-order valence-corrected chi connectivity index (χ0v) is 18.0. The van der Waals surface area contributed by atoms with Crippen LogP contribution in [0.25, 0.3) is 0 Å². The Morgan fingerprint density at radius 2 is 1.97 bits per heavy atom. The van der Waals surface area contributed by atoms with E-state index in [4.69, 9.17) is 27.9 Å². The number of methoxy groups -OCH3 is 1. The number of hydrogen-bond donors (Lipinski definition) is 2. The standard InChI is InChI=1S/C22H22Cl2N2O4/c1-30-16-6-2-4-15(10-16)12-26-13-17(20(27)22(26)29)21(28)25-9-3-5-14-7-8-18(23)19(24)11-14/h2,4,6-8,10-11,27H,3,5,9,12-13H2,1H3,(H,25,28). The van der Waals surface area contributed by atoms with Gasteiger partial charge in [0.1, 0.15) is 5.75 Å². The number of rotatable bonds is 8. The minimum Gasteiger partial charge on any atom is -0.503 e. The molecule has 6 nitrogen and oxygen atoms in total. The molecule has 158 valence electrons. The van der Waals surface area contributed by atoms with E-state index in [0.717, 1.165) is 11.1 Å². The van der Waals surface area contributed by atoms with Crippen molar-refractivity contribution >= 4 is 35.0 Å². The third kappa shape index (κ3) is 5.26. The van der Waals surface area contributed by atoms with Crippen molar-refractivity contribution in [3.63, 3.8) is 0 Å². The fraction of sp³-hybridized carbons (Fsp3) is 0.273. The van der Waals surface area contributed by atoms with E-state index in [1.54, 1.807) is 19.2 Å². The molecule has 0 spiro atoms. The molecule has 2 aromatic carbocycles. The molecule has 1 aliphatic rings. The predicted octanol–water partition coefficient (Wildman–Crippen LogP) is 3.91. The maximum Gasteiger partial charge on any atom is 0.289 e. The number of nitrogens with one attached hydrogen (secondary N) is 1. The SMILES string of the molecule is COc1cccc(CN2CC(C(=O)NCCCc3ccc(Cl)c(Cl)c3)=C(O)C2=O)c1. The summed E-state index contributed by atoms with van der Waals surface area (Å²) in [5, 5.41) is 13.9. The molecule has 0 aliphatic carbocycles. The van der Waals surface area contributed by atoms with Crippen LogP contribution in [0.15, 0.2) is 53.8 Å². The lowest BCUT2D eigenvalue weighted by atomic mass is 10.1. The van der Waals surface area contributed by atoms with Gasteiger partial charge in [-0.05, 0) is 48.2 Å². The van der Waals surface area contributed by atoms with Crippen molar-refractivity contribution in [2.75, 3.05) is 20.2 Å². The second-order valence-electron chi connectivity index (χ2n) is 6.95. The Morgan fingerprint density at radius 1 is 1.17 bits per heavy atom. The molecule has 2 N–H and O–H groups in total. The number of aryl methyl sites for hydroxylation is 1. The summed E-state index contributed by atoms with van der Waals surface area (Å²) in [6.45, 7) is 0.731. The largest absolute Gasteiger partial charge is 0.503 e. The van der Waals surface area contributed by atoms with Crippen molar-refractivity contribution in [2.24, 2.45) is 0 Å². The highest BCUT2D eigenvalue weighted by Crippen LogP contribution is 2.23. The van der Waals surface area contributed by atoms with Crippen LogP contribution >= 0.6 is 23.2 Å². The lowest BCUT2D eigenvalue weighted by molar-refractivity contribution is -0.128. The number of aliphatic hydroxyl groups is 1. The van der Waals surface area contributed by atoms with Gasteiger partial charge < -0.3 is 20.1 Å². The Labute approximate surface area is 185 Å². The number of benzene rings is 2. The van der Waals surface area contributed by atoms with E-state index in [1.807, 2.05) is 30.3 Å². The Morgan fingerprint density at radius 3 is 2.70 bits per heavy atom. The molecule has 1 aliphatic heterocycles. The summed E-state index contributed by atoms with van der Waals surface area (Å²) in [5.74, 6) is -0.821. The van der Waals surface area contributed by atoms with Crippen LogP contribution in [0.3, 0.4) is 0 Å². The lowest BCUT2D eigenvalue weighted by Crippen LogP contribution is -2.30. The van der Waals surface area contributed by atoms with Crippen LogP contribution in [0, 0.1) is 0 Å². The van der Waals surface area contributed by atoms with Crippen molar-refractivity contribution in [1.29, 1.82) is 0 Å². The number of nitrogens with zero attached hydrogens (tertiary/aromatic N) is 1. The first-order valence-corrected chi connectivity index (χ1v) is 10.2. The fourth-order valence-corrected chi connectivity index (χ4v) is 3.53. The van der Waals surface area contributed by atoms with Gasteiger partial charge in [0.15, 0.2) is 5.76 Å². The molecule has 0 bridgehead atoms. The summed E-state index contributed by atoms with van der Waals surface area (Å²) in [7, 11) is 1.57. The van der Waals surface area contributed by atoms with E-state index in [2.05, 4.69) is 5.32 Å². The lowest BCUT2D eigenvalue weighted by Gasteiger charge is -2.16. The molecule has 0 unspecified atom stereocenters. The normalized spacial score (nSPS) is 13.7. The van der Waals surface area contributed by atoms with Crippen LogP contribution in [-0.2, 0) is 22.6 Å². The number of ether oxygens (including phenoxy) is 1. The molecule has 2 aromatic rings. The summed E-state index contributed by atoms with van der Waals surface area (Å²) in [5.41, 5.74) is 1.94. The van der Waals surface area contributed by atoms with E-state index in [9.17, 15) is 14.7 Å². The van der Waals surface area contributed by atoms with Crippen LogP contribution in [0.1, 0.15) is 17.5 Å². The Balaban J connectivity index is 1.51. The molecule has 1 heterocycles. The van der Waals surface area contributed by atoms with Crippen molar-refractivity contribution in [1.82, 2.24) is 10.2 Å². The highest BCUT2D eigenvalue weighted by Gasteiger charge is 2.33. The van der Waals surface area contributed by atoms with Crippen LogP contribution in [0.2, 0.25) is 10.0 Å². The van der Waals surface area contributed by atoms with E-state index < -0.39 is 17.6 Å². The van der Waals surface area contributed by atoms with Gasteiger partial charge in [-0.15, -0.1) is 0 Å². The molecule has 3 rings (SSSR count). The van der Waals surface area contributed by atoms with Crippen molar-refractivity contribution in [3.8, 4) is 5.75 Å². The van der Waals surface area contributed by atoms with Gasteiger partial charge in [0, 0.05) is 13.1 Å². The van der Waals surface area contributed by atoms with Gasteiger partial charge in [-0.1, -0.05) is 41.4 Å². The number of aliphatic hydroxyl groups excluding tert-OH is 1. The maximum absolute atomic E-state index is 12.4. The Hall–Kier alpha value is -2.70. The second-order valence-corrected chi connectivity index (χ2v) is 7.76. The quantitative estimate of drug-likeness (QED) is 0.600. The molecule has 0 aromatic heterocycles. The predicted molar refractivity (Wildman–Crippen MR) is 116 cm³/mol. The van der Waals surface area contributed by atoms with Gasteiger partial charge in [-0.2, -0.15) is 0 Å². The Kier molecular flexibility index (Phi) is 7.24. The zero-order chi connectivity index (χ0) is 21.7. The average Bonchev–Trinajstić information content (AvgIpc) is 3.02. The van der Waals surface area contributed by atoms with Gasteiger partial charge in [0.2, 0.25) is 0 Å². The number of carbonyl (C=O) groups is 2. The van der Waals surface area contributed by atoms with E-state index in [0.29, 0.717) is 35.2 Å². The summed E-state index contributed by atoms with van der Waals surface area (Å²) in [6.07, 6.45) is 1.39. The van der Waals surface area contributed by atoms with Gasteiger partial charge in [0.25, 0.3) is 11.8 Å². The smallest absolute Gasteiger partial charge is 0.289 e. The monoisotopic (exact) mass is 448 g/mol. The zero-order valence-electron chi connectivity index (χ0n) is 16.5. The number of halogens is 2. The molecule has 2 amide bonds. The first-order chi connectivity index (χ1) is 14.4. The fourth-order valence-electron chi connectivity index (χ4n) is 3.21. The molecule has 30 heavy (non-hydrogen) atoms. The summed E-state index contributed by atoms with van der Waals surface area (Å²) in [6, 6.07) is 12.7. The molecule has 0 saturated carbocycles. The molecular formula is C22H22Cl2N2O4. The molecular weight excluding hydrogens is 427 g/mol. The maximum atomic E-state index is 12.4. The first kappa shape index (κ1) is 22.0. The third-order valence-corrected chi connectivity index (χ3v) is 5.56. The van der Waals surface area contributed by atoms with E-state index in [1.165, 1.54) is 4.90 Å². The highest BCUT2D eigenvalue weighted by molar-refractivity contribution is 6.42.